The van der Waals surface area contributed by atoms with Crippen molar-refractivity contribution in [2.45, 2.75) is 6.42 Å². The topological polar surface area (TPSA) is 74.2 Å². The number of anilines is 2. The van der Waals surface area contributed by atoms with E-state index >= 15 is 0 Å². The molecule has 0 saturated heterocycles. The number of fused-ring (bicyclic) bond motifs is 1. The number of carbonyl (C=O) groups excluding carboxylic acids is 1. The fourth-order valence-corrected chi connectivity index (χ4v) is 2.67. The van der Waals surface area contributed by atoms with Gasteiger partial charge in [0.1, 0.15) is 5.82 Å². The molecular weight excluding hydrogens is 346 g/mol. The van der Waals surface area contributed by atoms with E-state index in [1.807, 2.05) is 30.3 Å². The van der Waals surface area contributed by atoms with Crippen molar-refractivity contribution in [3.05, 3.63) is 58.3 Å². The third-order valence-corrected chi connectivity index (χ3v) is 3.83. The molecule has 0 saturated carbocycles. The molecule has 1 amide bonds. The van der Waals surface area contributed by atoms with Gasteiger partial charge in [-0.15, -0.1) is 0 Å². The van der Waals surface area contributed by atoms with Crippen LogP contribution in [0.5, 0.6) is 0 Å². The Hall–Kier alpha value is -2.18. The molecule has 3 rings (SSSR count). The van der Waals surface area contributed by atoms with Crippen LogP contribution in [0.3, 0.4) is 0 Å². The zero-order valence-corrected chi connectivity index (χ0v) is 13.2. The maximum atomic E-state index is 12.1. The number of hydrogen-bond donors (Lipinski definition) is 3. The van der Waals surface area contributed by atoms with E-state index in [9.17, 15) is 4.79 Å². The van der Waals surface area contributed by atoms with E-state index in [0.29, 0.717) is 17.8 Å². The summed E-state index contributed by atoms with van der Waals surface area (Å²) in [5, 5.41) is 15.0. The Morgan fingerprint density at radius 2 is 2.18 bits per heavy atom. The molecule has 5 nitrogen and oxygen atoms in total. The molecule has 0 unspecified atom stereocenters. The number of rotatable bonds is 4. The van der Waals surface area contributed by atoms with Crippen molar-refractivity contribution < 1.29 is 9.90 Å². The summed E-state index contributed by atoms with van der Waals surface area (Å²) in [6, 6.07) is 9.53. The Bertz CT molecular complexity index is 759. The van der Waals surface area contributed by atoms with Gasteiger partial charge in [0.25, 0.3) is 5.91 Å². The molecule has 0 fully saturated rings. The number of aliphatic hydroxyl groups excluding tert-OH is 1. The highest BCUT2D eigenvalue weighted by Crippen LogP contribution is 2.32. The molecule has 1 aromatic carbocycles. The minimum atomic E-state index is -0.187. The molecule has 0 bridgehead atoms. The van der Waals surface area contributed by atoms with Crippen LogP contribution in [0.2, 0.25) is 0 Å². The normalized spacial score (nSPS) is 14.8. The summed E-state index contributed by atoms with van der Waals surface area (Å²) >= 11 is 3.36. The molecule has 6 heteroatoms. The summed E-state index contributed by atoms with van der Waals surface area (Å²) in [4.78, 5) is 16.2. The van der Waals surface area contributed by atoms with Gasteiger partial charge in [-0.1, -0.05) is 18.2 Å². The smallest absolute Gasteiger partial charge is 0.259 e. The number of aromatic nitrogens is 1. The zero-order chi connectivity index (χ0) is 15.5. The van der Waals surface area contributed by atoms with E-state index in [1.54, 1.807) is 12.4 Å². The molecule has 3 N–H and O–H groups in total. The van der Waals surface area contributed by atoms with Crippen LogP contribution >= 0.6 is 15.9 Å². The average Bonchev–Trinajstić information content (AvgIpc) is 2.82. The number of hydrogen-bond acceptors (Lipinski definition) is 4. The van der Waals surface area contributed by atoms with Gasteiger partial charge in [0, 0.05) is 34.7 Å². The highest BCUT2D eigenvalue weighted by molar-refractivity contribution is 9.10. The van der Waals surface area contributed by atoms with Gasteiger partial charge < -0.3 is 15.7 Å². The Morgan fingerprint density at radius 3 is 3.00 bits per heavy atom. The zero-order valence-electron chi connectivity index (χ0n) is 11.6. The molecule has 2 heterocycles. The van der Waals surface area contributed by atoms with Gasteiger partial charge in [-0.3, -0.25) is 4.79 Å². The first-order valence-electron chi connectivity index (χ1n) is 6.82. The third-order valence-electron chi connectivity index (χ3n) is 3.39. The number of pyridine rings is 1. The van der Waals surface area contributed by atoms with Crippen molar-refractivity contribution in [3.8, 4) is 0 Å². The lowest BCUT2D eigenvalue weighted by Crippen LogP contribution is -2.06. The largest absolute Gasteiger partial charge is 0.396 e. The molecule has 0 atom stereocenters. The van der Waals surface area contributed by atoms with E-state index in [4.69, 9.17) is 5.11 Å². The summed E-state index contributed by atoms with van der Waals surface area (Å²) < 4.78 is 0.814. The van der Waals surface area contributed by atoms with E-state index < -0.39 is 0 Å². The van der Waals surface area contributed by atoms with Crippen molar-refractivity contribution in [2.75, 3.05) is 17.2 Å². The van der Waals surface area contributed by atoms with Crippen molar-refractivity contribution in [3.63, 3.8) is 0 Å². The summed E-state index contributed by atoms with van der Waals surface area (Å²) in [6.45, 7) is 0.0788. The predicted molar refractivity (Wildman–Crippen MR) is 89.4 cm³/mol. The Balaban J connectivity index is 1.91. The molecule has 0 radical (unpaired) electrons. The Kier molecular flexibility index (Phi) is 4.22. The minimum absolute atomic E-state index is 0.0788. The van der Waals surface area contributed by atoms with Crippen LogP contribution in [0, 0.1) is 0 Å². The molecule has 112 valence electrons. The minimum Gasteiger partial charge on any atom is -0.396 e. The molecule has 22 heavy (non-hydrogen) atoms. The SMILES string of the molecule is O=C1Nc2ncc(Br)cc2C1=CNc1ccccc1CCO. The first kappa shape index (κ1) is 14.7. The van der Waals surface area contributed by atoms with Crippen LogP contribution in [0.25, 0.3) is 5.57 Å². The lowest BCUT2D eigenvalue weighted by molar-refractivity contribution is -0.110. The summed E-state index contributed by atoms with van der Waals surface area (Å²) in [5.41, 5.74) is 3.15. The quantitative estimate of drug-likeness (QED) is 0.733. The second-order valence-electron chi connectivity index (χ2n) is 4.84. The van der Waals surface area contributed by atoms with Gasteiger partial charge in [0.2, 0.25) is 0 Å². The second kappa shape index (κ2) is 6.29. The van der Waals surface area contributed by atoms with Crippen LogP contribution in [0.4, 0.5) is 11.5 Å². The molecule has 1 aliphatic rings. The van der Waals surface area contributed by atoms with Crippen LogP contribution < -0.4 is 10.6 Å². The third kappa shape index (κ3) is 2.88. The van der Waals surface area contributed by atoms with Gasteiger partial charge in [0.05, 0.1) is 5.57 Å². The number of benzene rings is 1. The number of para-hydroxylation sites is 1. The number of carbonyl (C=O) groups is 1. The van der Waals surface area contributed by atoms with Crippen molar-refractivity contribution in [1.29, 1.82) is 0 Å². The van der Waals surface area contributed by atoms with Gasteiger partial charge in [-0.2, -0.15) is 0 Å². The number of nitrogens with zero attached hydrogens (tertiary/aromatic N) is 1. The van der Waals surface area contributed by atoms with Gasteiger partial charge in [-0.25, -0.2) is 4.98 Å². The lowest BCUT2D eigenvalue weighted by Gasteiger charge is -2.08. The molecular formula is C16H14BrN3O2. The monoisotopic (exact) mass is 359 g/mol. The molecule has 0 aliphatic carbocycles. The lowest BCUT2D eigenvalue weighted by atomic mass is 10.1. The highest BCUT2D eigenvalue weighted by atomic mass is 79.9. The number of amides is 1. The summed E-state index contributed by atoms with van der Waals surface area (Å²) in [7, 11) is 0. The van der Waals surface area contributed by atoms with Crippen LogP contribution in [-0.4, -0.2) is 22.6 Å². The Morgan fingerprint density at radius 1 is 1.36 bits per heavy atom. The van der Waals surface area contributed by atoms with Crippen LogP contribution in [0.15, 0.2) is 47.2 Å². The maximum absolute atomic E-state index is 12.1. The van der Waals surface area contributed by atoms with E-state index in [2.05, 4.69) is 31.5 Å². The van der Waals surface area contributed by atoms with Gasteiger partial charge in [-0.05, 0) is 40.0 Å². The standard InChI is InChI=1S/C16H14BrN3O2/c17-11-7-12-13(16(22)20-15(12)19-8-11)9-18-14-4-2-1-3-10(14)5-6-21/h1-4,7-9,18,21H,5-6H2,(H,19,20,22). The maximum Gasteiger partial charge on any atom is 0.259 e. The van der Waals surface area contributed by atoms with Crippen LogP contribution in [-0.2, 0) is 11.2 Å². The van der Waals surface area contributed by atoms with Crippen molar-refractivity contribution in [1.82, 2.24) is 4.98 Å². The molecule has 0 spiro atoms. The Labute approximate surface area is 136 Å². The number of aliphatic hydroxyl groups is 1. The first-order valence-corrected chi connectivity index (χ1v) is 7.61. The molecule has 1 aromatic heterocycles. The predicted octanol–water partition coefficient (Wildman–Crippen LogP) is 2.78. The van der Waals surface area contributed by atoms with E-state index in [0.717, 1.165) is 21.3 Å². The molecule has 2 aromatic rings. The van der Waals surface area contributed by atoms with Gasteiger partial charge >= 0.3 is 0 Å². The van der Waals surface area contributed by atoms with E-state index in [-0.39, 0.29) is 12.5 Å². The summed E-state index contributed by atoms with van der Waals surface area (Å²) in [6.07, 6.45) is 3.87. The molecule has 1 aliphatic heterocycles. The van der Waals surface area contributed by atoms with E-state index in [1.165, 1.54) is 0 Å². The van der Waals surface area contributed by atoms with Crippen molar-refractivity contribution >= 4 is 38.9 Å². The van der Waals surface area contributed by atoms with Crippen LogP contribution in [0.1, 0.15) is 11.1 Å². The summed E-state index contributed by atoms with van der Waals surface area (Å²) in [5.74, 6) is 0.373. The van der Waals surface area contributed by atoms with Gasteiger partial charge in [0.15, 0.2) is 0 Å². The van der Waals surface area contributed by atoms with Crippen molar-refractivity contribution in [2.24, 2.45) is 0 Å². The highest BCUT2D eigenvalue weighted by Gasteiger charge is 2.25. The second-order valence-corrected chi connectivity index (χ2v) is 5.75. The fraction of sp³-hybridized carbons (Fsp3) is 0.125. The fourth-order valence-electron chi connectivity index (χ4n) is 2.33. The first-order chi connectivity index (χ1) is 10.7. The number of halogens is 1. The average molecular weight is 360 g/mol. The number of nitrogens with one attached hydrogen (secondary N) is 2.